The highest BCUT2D eigenvalue weighted by molar-refractivity contribution is 6.32. The van der Waals surface area contributed by atoms with Crippen molar-refractivity contribution in [2.24, 2.45) is 5.73 Å². The van der Waals surface area contributed by atoms with Crippen molar-refractivity contribution in [2.75, 3.05) is 13.7 Å². The Morgan fingerprint density at radius 3 is 2.73 bits per heavy atom. The van der Waals surface area contributed by atoms with Crippen molar-refractivity contribution in [1.82, 2.24) is 0 Å². The van der Waals surface area contributed by atoms with Gasteiger partial charge in [0.15, 0.2) is 11.6 Å². The normalized spacial score (nSPS) is 12.6. The summed E-state index contributed by atoms with van der Waals surface area (Å²) in [5.41, 5.74) is 5.66. The van der Waals surface area contributed by atoms with Crippen LogP contribution >= 0.6 is 11.6 Å². The molecule has 1 unspecified atom stereocenters. The van der Waals surface area contributed by atoms with Crippen molar-refractivity contribution < 1.29 is 14.2 Å². The van der Waals surface area contributed by atoms with Crippen LogP contribution in [0.1, 0.15) is 18.4 Å². The first kappa shape index (κ1) is 12.1. The number of halogens is 2. The number of methoxy groups -OCH3 is 1. The van der Waals surface area contributed by atoms with Crippen LogP contribution in [-0.2, 0) is 0 Å². The third kappa shape index (κ3) is 2.16. The van der Waals surface area contributed by atoms with Gasteiger partial charge in [-0.15, -0.1) is 0 Å². The molecule has 3 N–H and O–H groups in total. The summed E-state index contributed by atoms with van der Waals surface area (Å²) in [4.78, 5) is 0. The fraction of sp³-hybridized carbons (Fsp3) is 0.400. The summed E-state index contributed by atoms with van der Waals surface area (Å²) in [6, 6.07) is 1.11. The van der Waals surface area contributed by atoms with E-state index in [1.807, 2.05) is 0 Å². The number of benzene rings is 1. The van der Waals surface area contributed by atoms with Gasteiger partial charge in [-0.25, -0.2) is 4.39 Å². The monoisotopic (exact) mass is 233 g/mol. The standard InChI is InChI=1S/C10H13ClFNO2/c1-5(4-13)8-9(12)7(14)3-6(11)10(8)15-2/h3,5,14H,4,13H2,1-2H3. The maximum absolute atomic E-state index is 13.6. The molecule has 0 spiro atoms. The number of nitrogens with two attached hydrogens (primary N) is 1. The minimum absolute atomic E-state index is 0.173. The van der Waals surface area contributed by atoms with E-state index in [4.69, 9.17) is 22.1 Å². The van der Waals surface area contributed by atoms with Crippen molar-refractivity contribution in [1.29, 1.82) is 0 Å². The first-order chi connectivity index (χ1) is 7.02. The van der Waals surface area contributed by atoms with E-state index in [0.717, 1.165) is 6.07 Å². The summed E-state index contributed by atoms with van der Waals surface area (Å²) < 4.78 is 18.6. The number of rotatable bonds is 3. The molecule has 1 aromatic rings. The molecule has 0 aliphatic carbocycles. The summed E-state index contributed by atoms with van der Waals surface area (Å²) in [5.74, 6) is -1.26. The molecule has 0 bridgehead atoms. The molecule has 3 nitrogen and oxygen atoms in total. The number of hydrogen-bond acceptors (Lipinski definition) is 3. The molecule has 1 atom stereocenters. The lowest BCUT2D eigenvalue weighted by Crippen LogP contribution is -2.12. The van der Waals surface area contributed by atoms with E-state index in [0.29, 0.717) is 0 Å². The molecule has 0 radical (unpaired) electrons. The van der Waals surface area contributed by atoms with Gasteiger partial charge in [0.2, 0.25) is 0 Å². The molecule has 0 aromatic heterocycles. The van der Waals surface area contributed by atoms with Gasteiger partial charge in [0.25, 0.3) is 0 Å². The lowest BCUT2D eigenvalue weighted by molar-refractivity contribution is 0.386. The van der Waals surface area contributed by atoms with Crippen LogP contribution in [0.2, 0.25) is 5.02 Å². The van der Waals surface area contributed by atoms with Crippen LogP contribution in [0.4, 0.5) is 4.39 Å². The van der Waals surface area contributed by atoms with Crippen LogP contribution in [0.5, 0.6) is 11.5 Å². The fourth-order valence-electron chi connectivity index (χ4n) is 1.38. The van der Waals surface area contributed by atoms with Crippen molar-refractivity contribution in [3.05, 3.63) is 22.5 Å². The van der Waals surface area contributed by atoms with Gasteiger partial charge >= 0.3 is 0 Å². The second-order valence-electron chi connectivity index (χ2n) is 3.28. The molecule has 0 fully saturated rings. The zero-order valence-electron chi connectivity index (χ0n) is 8.55. The van der Waals surface area contributed by atoms with E-state index in [1.165, 1.54) is 7.11 Å². The molecule has 0 aliphatic heterocycles. The topological polar surface area (TPSA) is 55.5 Å². The van der Waals surface area contributed by atoms with E-state index in [1.54, 1.807) is 6.92 Å². The minimum atomic E-state index is -0.728. The summed E-state index contributed by atoms with van der Waals surface area (Å²) in [7, 11) is 1.39. The number of hydrogen-bond donors (Lipinski definition) is 2. The number of aromatic hydroxyl groups is 1. The van der Waals surface area contributed by atoms with E-state index < -0.39 is 11.6 Å². The Balaban J connectivity index is 3.43. The Labute approximate surface area is 92.6 Å². The molecule has 0 saturated carbocycles. The van der Waals surface area contributed by atoms with Gasteiger partial charge in [0, 0.05) is 17.5 Å². The Bertz CT molecular complexity index is 371. The molecule has 15 heavy (non-hydrogen) atoms. The molecule has 1 rings (SSSR count). The van der Waals surface area contributed by atoms with Crippen LogP contribution in [0.15, 0.2) is 6.07 Å². The molecule has 0 aliphatic rings. The SMILES string of the molecule is COc1c(Cl)cc(O)c(F)c1C(C)CN. The van der Waals surface area contributed by atoms with Gasteiger partial charge < -0.3 is 15.6 Å². The lowest BCUT2D eigenvalue weighted by atomic mass is 9.99. The third-order valence-electron chi connectivity index (χ3n) is 2.24. The predicted molar refractivity (Wildman–Crippen MR) is 57.1 cm³/mol. The molecule has 0 amide bonds. The molecule has 1 aromatic carbocycles. The van der Waals surface area contributed by atoms with Crippen LogP contribution < -0.4 is 10.5 Å². The fourth-order valence-corrected chi connectivity index (χ4v) is 1.66. The smallest absolute Gasteiger partial charge is 0.172 e. The van der Waals surface area contributed by atoms with Crippen molar-refractivity contribution in [2.45, 2.75) is 12.8 Å². The second kappa shape index (κ2) is 4.68. The Morgan fingerprint density at radius 1 is 1.67 bits per heavy atom. The first-order valence-corrected chi connectivity index (χ1v) is 4.85. The number of phenolic OH excluding ortho intramolecular Hbond substituents is 1. The van der Waals surface area contributed by atoms with Gasteiger partial charge in [-0.2, -0.15) is 0 Å². The summed E-state index contributed by atoms with van der Waals surface area (Å²) in [6.45, 7) is 1.98. The van der Waals surface area contributed by atoms with E-state index in [9.17, 15) is 9.50 Å². The zero-order valence-corrected chi connectivity index (χ0v) is 9.31. The van der Waals surface area contributed by atoms with Gasteiger partial charge in [0.05, 0.1) is 12.1 Å². The van der Waals surface area contributed by atoms with Gasteiger partial charge in [-0.1, -0.05) is 18.5 Å². The van der Waals surface area contributed by atoms with Gasteiger partial charge in [0.1, 0.15) is 5.75 Å². The summed E-state index contributed by atoms with van der Waals surface area (Å²) >= 11 is 5.82. The van der Waals surface area contributed by atoms with E-state index >= 15 is 0 Å². The third-order valence-corrected chi connectivity index (χ3v) is 2.52. The predicted octanol–water partition coefficient (Wildman–Crippen LogP) is 2.26. The van der Waals surface area contributed by atoms with Crippen molar-refractivity contribution in [3.8, 4) is 11.5 Å². The Morgan fingerprint density at radius 2 is 2.27 bits per heavy atom. The van der Waals surface area contributed by atoms with E-state index in [-0.39, 0.29) is 28.8 Å². The van der Waals surface area contributed by atoms with Gasteiger partial charge in [-0.05, 0) is 6.54 Å². The van der Waals surface area contributed by atoms with E-state index in [2.05, 4.69) is 0 Å². The minimum Gasteiger partial charge on any atom is -0.505 e. The maximum atomic E-state index is 13.6. The second-order valence-corrected chi connectivity index (χ2v) is 3.68. The molecule has 0 heterocycles. The lowest BCUT2D eigenvalue weighted by Gasteiger charge is -2.16. The Kier molecular flexibility index (Phi) is 3.77. The maximum Gasteiger partial charge on any atom is 0.172 e. The summed E-state index contributed by atoms with van der Waals surface area (Å²) in [6.07, 6.45) is 0. The number of phenols is 1. The molecule has 5 heteroatoms. The zero-order chi connectivity index (χ0) is 11.6. The van der Waals surface area contributed by atoms with Crippen molar-refractivity contribution in [3.63, 3.8) is 0 Å². The van der Waals surface area contributed by atoms with Crippen LogP contribution in [-0.4, -0.2) is 18.8 Å². The summed E-state index contributed by atoms with van der Waals surface area (Å²) in [5, 5.41) is 9.46. The average molecular weight is 234 g/mol. The molecule has 84 valence electrons. The quantitative estimate of drug-likeness (QED) is 0.842. The highest BCUT2D eigenvalue weighted by atomic mass is 35.5. The van der Waals surface area contributed by atoms with Crippen LogP contribution in [0.25, 0.3) is 0 Å². The largest absolute Gasteiger partial charge is 0.505 e. The molecular formula is C10H13ClFNO2. The highest BCUT2D eigenvalue weighted by Crippen LogP contribution is 2.39. The van der Waals surface area contributed by atoms with Crippen molar-refractivity contribution >= 4 is 11.6 Å². The Hall–Kier alpha value is -1.00. The highest BCUT2D eigenvalue weighted by Gasteiger charge is 2.21. The first-order valence-electron chi connectivity index (χ1n) is 4.47. The number of ether oxygens (including phenoxy) is 1. The molecular weight excluding hydrogens is 221 g/mol. The van der Waals surface area contributed by atoms with Gasteiger partial charge in [-0.3, -0.25) is 0 Å². The van der Waals surface area contributed by atoms with Crippen LogP contribution in [0.3, 0.4) is 0 Å². The molecule has 0 saturated heterocycles. The average Bonchev–Trinajstić information content (AvgIpc) is 2.21. The van der Waals surface area contributed by atoms with Crippen LogP contribution in [0, 0.1) is 5.82 Å².